The van der Waals surface area contributed by atoms with E-state index in [9.17, 15) is 9.90 Å². The van der Waals surface area contributed by atoms with Crippen molar-refractivity contribution < 1.29 is 14.8 Å². The van der Waals surface area contributed by atoms with Crippen molar-refractivity contribution in [3.8, 4) is 0 Å². The first-order valence-electron chi connectivity index (χ1n) is 9.42. The van der Waals surface area contributed by atoms with E-state index < -0.39 is 5.60 Å². The molecule has 4 heteroatoms. The van der Waals surface area contributed by atoms with E-state index in [4.69, 9.17) is 0 Å². The molecule has 2 N–H and O–H groups in total. The number of likely N-dealkylation sites (tertiary alicyclic amines) is 2. The van der Waals surface area contributed by atoms with Gasteiger partial charge in [-0.2, -0.15) is 0 Å². The normalized spacial score (nSPS) is 34.1. The lowest BCUT2D eigenvalue weighted by molar-refractivity contribution is -0.900. The molecule has 2 saturated heterocycles. The van der Waals surface area contributed by atoms with E-state index >= 15 is 0 Å². The van der Waals surface area contributed by atoms with Crippen LogP contribution in [0.5, 0.6) is 0 Å². The van der Waals surface area contributed by atoms with Crippen molar-refractivity contribution in [2.45, 2.75) is 63.6 Å². The summed E-state index contributed by atoms with van der Waals surface area (Å²) in [5.41, 5.74) is 0.285. The van der Waals surface area contributed by atoms with Crippen molar-refractivity contribution in [3.05, 3.63) is 35.9 Å². The zero-order valence-electron chi connectivity index (χ0n) is 15.0. The van der Waals surface area contributed by atoms with Crippen molar-refractivity contribution in [1.29, 1.82) is 0 Å². The Hall–Kier alpha value is -1.39. The lowest BCUT2D eigenvalue weighted by Crippen LogP contribution is -3.14. The summed E-state index contributed by atoms with van der Waals surface area (Å²) < 4.78 is 0. The minimum Gasteiger partial charge on any atom is -0.385 e. The van der Waals surface area contributed by atoms with E-state index in [1.54, 1.807) is 0 Å². The summed E-state index contributed by atoms with van der Waals surface area (Å²) in [4.78, 5) is 16.2. The largest absolute Gasteiger partial charge is 0.385 e. The third kappa shape index (κ3) is 3.65. The highest BCUT2D eigenvalue weighted by atomic mass is 16.3. The number of carbonyl (C=O) groups excluding carboxylic acids is 1. The van der Waals surface area contributed by atoms with Crippen LogP contribution in [0.3, 0.4) is 0 Å². The van der Waals surface area contributed by atoms with Gasteiger partial charge in [-0.1, -0.05) is 30.3 Å². The Morgan fingerprint density at radius 2 is 1.75 bits per heavy atom. The number of rotatable bonds is 3. The fourth-order valence-electron chi connectivity index (χ4n) is 4.45. The van der Waals surface area contributed by atoms with Gasteiger partial charge in [0.2, 0.25) is 0 Å². The van der Waals surface area contributed by atoms with Gasteiger partial charge >= 0.3 is 0 Å². The third-order valence-corrected chi connectivity index (χ3v) is 5.98. The minimum atomic E-state index is -0.723. The van der Waals surface area contributed by atoms with Crippen LogP contribution in [0.15, 0.2) is 30.3 Å². The Morgan fingerprint density at radius 1 is 1.17 bits per heavy atom. The first kappa shape index (κ1) is 17.4. The van der Waals surface area contributed by atoms with Gasteiger partial charge in [0.25, 0.3) is 5.91 Å². The molecule has 0 radical (unpaired) electrons. The van der Waals surface area contributed by atoms with Crippen molar-refractivity contribution in [3.63, 3.8) is 0 Å². The van der Waals surface area contributed by atoms with Gasteiger partial charge in [0.1, 0.15) is 5.60 Å². The van der Waals surface area contributed by atoms with E-state index in [1.165, 1.54) is 11.3 Å². The van der Waals surface area contributed by atoms with Gasteiger partial charge in [-0.25, -0.2) is 0 Å². The fraction of sp³-hybridized carbons (Fsp3) is 0.650. The van der Waals surface area contributed by atoms with E-state index in [-0.39, 0.29) is 5.91 Å². The van der Waals surface area contributed by atoms with Gasteiger partial charge in [-0.3, -0.25) is 4.79 Å². The summed E-state index contributed by atoms with van der Waals surface area (Å²) in [6, 6.07) is 10.7. The summed E-state index contributed by atoms with van der Waals surface area (Å²) in [5, 5.41) is 10.9. The third-order valence-electron chi connectivity index (χ3n) is 5.98. The van der Waals surface area contributed by atoms with Crippen LogP contribution in [0.25, 0.3) is 0 Å². The molecule has 4 nitrogen and oxygen atoms in total. The summed E-state index contributed by atoms with van der Waals surface area (Å²) in [7, 11) is 0. The van der Waals surface area contributed by atoms with Crippen molar-refractivity contribution in [2.24, 2.45) is 0 Å². The second kappa shape index (κ2) is 7.24. The van der Waals surface area contributed by atoms with Gasteiger partial charge in [-0.05, 0) is 38.7 Å². The topological polar surface area (TPSA) is 45.0 Å². The molecular formula is C20H31N2O2+. The predicted octanol–water partition coefficient (Wildman–Crippen LogP) is 1.34. The average molecular weight is 331 g/mol. The monoisotopic (exact) mass is 331 g/mol. The SMILES string of the molecule is C[C@@H]1CCC[C@@H](C)N1C(=O)C[NH+]1CCC(O)(c2ccccc2)CC1. The first-order valence-corrected chi connectivity index (χ1v) is 9.42. The molecule has 24 heavy (non-hydrogen) atoms. The van der Waals surface area contributed by atoms with E-state index in [0.717, 1.165) is 44.3 Å². The average Bonchev–Trinajstić information content (AvgIpc) is 2.58. The zero-order valence-corrected chi connectivity index (χ0v) is 15.0. The summed E-state index contributed by atoms with van der Waals surface area (Å²) >= 11 is 0. The van der Waals surface area contributed by atoms with Crippen molar-refractivity contribution in [2.75, 3.05) is 19.6 Å². The van der Waals surface area contributed by atoms with Crippen LogP contribution in [0, 0.1) is 0 Å². The van der Waals surface area contributed by atoms with Crippen LogP contribution >= 0.6 is 0 Å². The van der Waals surface area contributed by atoms with Crippen LogP contribution in [0.2, 0.25) is 0 Å². The van der Waals surface area contributed by atoms with Crippen molar-refractivity contribution in [1.82, 2.24) is 4.90 Å². The number of nitrogens with zero attached hydrogens (tertiary/aromatic N) is 1. The number of amides is 1. The highest BCUT2D eigenvalue weighted by Gasteiger charge is 2.38. The number of hydrogen-bond acceptors (Lipinski definition) is 2. The maximum Gasteiger partial charge on any atom is 0.278 e. The number of carbonyl (C=O) groups is 1. The summed E-state index contributed by atoms with van der Waals surface area (Å²) in [5.74, 6) is 0.287. The Labute approximate surface area is 145 Å². The van der Waals surface area contributed by atoms with Gasteiger partial charge in [0.05, 0.1) is 13.1 Å². The number of quaternary nitrogens is 1. The van der Waals surface area contributed by atoms with Gasteiger partial charge in [0.15, 0.2) is 6.54 Å². The van der Waals surface area contributed by atoms with Crippen molar-refractivity contribution >= 4 is 5.91 Å². The molecule has 3 rings (SSSR count). The lowest BCUT2D eigenvalue weighted by Gasteiger charge is -2.41. The van der Waals surface area contributed by atoms with Crippen LogP contribution in [0.4, 0.5) is 0 Å². The molecular weight excluding hydrogens is 300 g/mol. The molecule has 2 aliphatic rings. The Kier molecular flexibility index (Phi) is 5.26. The lowest BCUT2D eigenvalue weighted by atomic mass is 9.84. The molecule has 2 atom stereocenters. The van der Waals surface area contributed by atoms with E-state index in [0.29, 0.717) is 18.6 Å². The van der Waals surface area contributed by atoms with Crippen LogP contribution < -0.4 is 4.90 Å². The van der Waals surface area contributed by atoms with Crippen LogP contribution in [-0.4, -0.2) is 47.6 Å². The smallest absolute Gasteiger partial charge is 0.278 e. The molecule has 0 saturated carbocycles. The highest BCUT2D eigenvalue weighted by Crippen LogP contribution is 2.29. The zero-order chi connectivity index (χ0) is 17.2. The quantitative estimate of drug-likeness (QED) is 0.878. The van der Waals surface area contributed by atoms with Gasteiger partial charge in [-0.15, -0.1) is 0 Å². The van der Waals surface area contributed by atoms with Gasteiger partial charge in [0, 0.05) is 24.9 Å². The highest BCUT2D eigenvalue weighted by molar-refractivity contribution is 5.77. The van der Waals surface area contributed by atoms with Crippen LogP contribution in [0.1, 0.15) is 51.5 Å². The first-order chi connectivity index (χ1) is 11.5. The number of benzene rings is 1. The molecule has 2 aliphatic heterocycles. The van der Waals surface area contributed by atoms with E-state index in [1.807, 2.05) is 30.3 Å². The molecule has 0 unspecified atom stereocenters. The van der Waals surface area contributed by atoms with E-state index in [2.05, 4.69) is 18.7 Å². The number of hydrogen-bond donors (Lipinski definition) is 2. The Morgan fingerprint density at radius 3 is 2.33 bits per heavy atom. The maximum absolute atomic E-state index is 12.8. The molecule has 0 spiro atoms. The number of piperidine rings is 2. The number of aliphatic hydroxyl groups is 1. The molecule has 0 aromatic heterocycles. The molecule has 132 valence electrons. The molecule has 0 aliphatic carbocycles. The standard InChI is InChI=1S/C20H30N2O2/c1-16-7-6-8-17(2)22(16)19(23)15-21-13-11-20(24,12-14-21)18-9-4-3-5-10-18/h3-5,9-10,16-17,24H,6-8,11-15H2,1-2H3/p+1/t16-,17-/m1/s1. The Bertz CT molecular complexity index is 542. The second-order valence-electron chi connectivity index (χ2n) is 7.75. The molecule has 2 fully saturated rings. The molecule has 1 aromatic rings. The van der Waals surface area contributed by atoms with Crippen LogP contribution in [-0.2, 0) is 10.4 Å². The fourth-order valence-corrected chi connectivity index (χ4v) is 4.45. The van der Waals surface area contributed by atoms with Gasteiger partial charge < -0.3 is 14.9 Å². The minimum absolute atomic E-state index is 0.287. The molecule has 1 aromatic carbocycles. The molecule has 0 bridgehead atoms. The summed E-state index contributed by atoms with van der Waals surface area (Å²) in [6.45, 7) is 6.63. The summed E-state index contributed by atoms with van der Waals surface area (Å²) in [6.07, 6.45) is 4.93. The predicted molar refractivity (Wildman–Crippen MR) is 94.8 cm³/mol. The molecule has 2 heterocycles. The Balaban J connectivity index is 1.56. The maximum atomic E-state index is 12.8. The second-order valence-corrected chi connectivity index (χ2v) is 7.75. The number of nitrogens with one attached hydrogen (secondary N) is 1. The molecule has 1 amide bonds.